The molecular weight excluding hydrogens is 592 g/mol. The van der Waals surface area contributed by atoms with Crippen molar-refractivity contribution in [3.8, 4) is 0 Å². The molecule has 0 fully saturated rings. The molecule has 0 aliphatic carbocycles. The lowest BCUT2D eigenvalue weighted by Crippen LogP contribution is -2.14. The van der Waals surface area contributed by atoms with Gasteiger partial charge in [-0.05, 0) is 83.3 Å². The summed E-state index contributed by atoms with van der Waals surface area (Å²) in [6, 6.07) is 17.9. The zero-order chi connectivity index (χ0) is 34.1. The lowest BCUT2D eigenvalue weighted by molar-refractivity contribution is -0.144. The van der Waals surface area contributed by atoms with Gasteiger partial charge >= 0.3 is 11.9 Å². The van der Waals surface area contributed by atoms with E-state index in [9.17, 15) is 9.59 Å². The van der Waals surface area contributed by atoms with E-state index >= 15 is 0 Å². The highest BCUT2D eigenvalue weighted by Crippen LogP contribution is 2.17. The van der Waals surface area contributed by atoms with Gasteiger partial charge < -0.3 is 9.47 Å². The molecule has 3 aromatic carbocycles. The van der Waals surface area contributed by atoms with Gasteiger partial charge in [0.15, 0.2) is 0 Å². The third-order valence-electron chi connectivity index (χ3n) is 9.40. The molecule has 3 rings (SSSR count). The first-order valence-electron chi connectivity index (χ1n) is 19.6. The predicted octanol–water partition coefficient (Wildman–Crippen LogP) is 11.3. The molecule has 0 aromatic heterocycles. The van der Waals surface area contributed by atoms with E-state index in [1.165, 1.54) is 96.2 Å². The predicted molar refractivity (Wildman–Crippen MR) is 204 cm³/mol. The number of rotatable bonds is 26. The minimum atomic E-state index is -0.0290. The van der Waals surface area contributed by atoms with E-state index in [1.54, 1.807) is 0 Å². The molecule has 48 heavy (non-hydrogen) atoms. The van der Waals surface area contributed by atoms with E-state index < -0.39 is 0 Å². The summed E-state index contributed by atoms with van der Waals surface area (Å²) in [5.41, 5.74) is 0. The van der Waals surface area contributed by atoms with E-state index in [-0.39, 0.29) is 11.9 Å². The third kappa shape index (κ3) is 15.0. The minimum Gasteiger partial charge on any atom is -0.466 e. The van der Waals surface area contributed by atoms with Gasteiger partial charge in [-0.25, -0.2) is 0 Å². The van der Waals surface area contributed by atoms with Gasteiger partial charge in [0.25, 0.3) is 0 Å². The Morgan fingerprint density at radius 1 is 0.458 bits per heavy atom. The molecule has 0 saturated heterocycles. The summed E-state index contributed by atoms with van der Waals surface area (Å²) < 4.78 is 10.5. The first-order valence-corrected chi connectivity index (χ1v) is 19.6. The largest absolute Gasteiger partial charge is 0.466 e. The van der Waals surface area contributed by atoms with Crippen LogP contribution in [0.2, 0.25) is 0 Å². The number of ether oxygens (including phenoxy) is 2. The van der Waals surface area contributed by atoms with E-state index in [4.69, 9.17) is 9.47 Å². The van der Waals surface area contributed by atoms with Gasteiger partial charge in [0.05, 0.1) is 13.2 Å². The van der Waals surface area contributed by atoms with Crippen LogP contribution in [0.3, 0.4) is 0 Å². The zero-order valence-corrected chi connectivity index (χ0v) is 30.4. The fraction of sp³-hybridized carbons (Fsp3) is 0.591. The van der Waals surface area contributed by atoms with Gasteiger partial charge in [-0.2, -0.15) is 0 Å². The molecule has 0 heterocycles. The van der Waals surface area contributed by atoms with Crippen molar-refractivity contribution in [1.29, 1.82) is 0 Å². The molecule has 0 spiro atoms. The molecule has 0 amide bonds. The molecule has 0 atom stereocenters. The van der Waals surface area contributed by atoms with Crippen LogP contribution in [0, 0.1) is 0 Å². The van der Waals surface area contributed by atoms with Gasteiger partial charge in [-0.3, -0.25) is 9.59 Å². The maximum absolute atomic E-state index is 11.7. The number of carbonyl (C=O) groups is 2. The van der Waals surface area contributed by atoms with Crippen molar-refractivity contribution in [2.45, 2.75) is 155 Å². The molecular formula is C44H64O4. The Labute approximate surface area is 291 Å². The van der Waals surface area contributed by atoms with Gasteiger partial charge in [0, 0.05) is 12.8 Å². The number of hydrogen-bond acceptors (Lipinski definition) is 4. The summed E-state index contributed by atoms with van der Waals surface area (Å²) >= 11 is 0. The van der Waals surface area contributed by atoms with Gasteiger partial charge in [0.2, 0.25) is 0 Å². The Bertz CT molecular complexity index is 1280. The van der Waals surface area contributed by atoms with E-state index in [2.05, 4.69) is 74.5 Å². The van der Waals surface area contributed by atoms with Crippen molar-refractivity contribution in [1.82, 2.24) is 0 Å². The van der Waals surface area contributed by atoms with Crippen molar-refractivity contribution in [2.24, 2.45) is 0 Å². The van der Waals surface area contributed by atoms with Crippen molar-refractivity contribution in [3.05, 3.63) is 59.0 Å². The monoisotopic (exact) mass is 656 g/mol. The molecule has 264 valence electrons. The average molecular weight is 657 g/mol. The van der Waals surface area contributed by atoms with Crippen LogP contribution in [-0.2, 0) is 19.1 Å². The fourth-order valence-electron chi connectivity index (χ4n) is 6.53. The third-order valence-corrected chi connectivity index (χ3v) is 9.40. The van der Waals surface area contributed by atoms with Crippen molar-refractivity contribution >= 4 is 45.6 Å². The Morgan fingerprint density at radius 2 is 0.771 bits per heavy atom. The van der Waals surface area contributed by atoms with Crippen LogP contribution in [0.5, 0.6) is 0 Å². The average Bonchev–Trinajstić information content (AvgIpc) is 3.10. The topological polar surface area (TPSA) is 52.6 Å². The van der Waals surface area contributed by atoms with Crippen molar-refractivity contribution in [2.75, 3.05) is 13.2 Å². The SMILES string of the molecule is CCCCOC(=O)CCCCCCCCCC=c1c2ccccc2c(=CCCCCCCCCCC(=O)OCCCC)c2ccccc12. The second kappa shape index (κ2) is 24.9. The van der Waals surface area contributed by atoms with Crippen molar-refractivity contribution in [3.63, 3.8) is 0 Å². The summed E-state index contributed by atoms with van der Waals surface area (Å²) in [6.45, 7) is 5.37. The molecule has 0 unspecified atom stereocenters. The van der Waals surface area contributed by atoms with Crippen LogP contribution in [-0.4, -0.2) is 25.2 Å². The molecule has 0 N–H and O–H groups in total. The number of hydrogen-bond donors (Lipinski definition) is 0. The summed E-state index contributed by atoms with van der Waals surface area (Å²) in [5.74, 6) is -0.0581. The summed E-state index contributed by atoms with van der Waals surface area (Å²) in [7, 11) is 0. The van der Waals surface area contributed by atoms with E-state index in [1.807, 2.05) is 0 Å². The second-order valence-corrected chi connectivity index (χ2v) is 13.5. The highest BCUT2D eigenvalue weighted by atomic mass is 16.5. The van der Waals surface area contributed by atoms with Crippen LogP contribution in [0.25, 0.3) is 33.7 Å². The highest BCUT2D eigenvalue weighted by Gasteiger charge is 2.06. The standard InChI is InChI=1S/C44H64O4/c1-3-5-35-47-43(45)33-21-17-13-9-7-11-15-19-27-37-39-29-23-25-31-41(39)38(42-32-26-24-30-40(37)42)28-20-16-12-8-10-14-18-22-34-44(46)48-36-6-4-2/h23-32H,3-22,33-36H2,1-2H3. The number of unbranched alkanes of at least 4 members (excludes halogenated alkanes) is 16. The van der Waals surface area contributed by atoms with Gasteiger partial charge in [0.1, 0.15) is 0 Å². The normalized spacial score (nSPS) is 11.2. The van der Waals surface area contributed by atoms with Crippen LogP contribution >= 0.6 is 0 Å². The minimum absolute atomic E-state index is 0.0290. The molecule has 0 saturated carbocycles. The highest BCUT2D eigenvalue weighted by molar-refractivity contribution is 6.00. The van der Waals surface area contributed by atoms with Crippen LogP contribution < -0.4 is 10.4 Å². The first-order chi connectivity index (χ1) is 23.7. The quantitative estimate of drug-likeness (QED) is 0.0490. The summed E-state index contributed by atoms with van der Waals surface area (Å²) in [6.07, 6.45) is 28.9. The maximum Gasteiger partial charge on any atom is 0.305 e. The molecule has 0 radical (unpaired) electrons. The Balaban J connectivity index is 1.43. The first kappa shape index (κ1) is 39.3. The van der Waals surface area contributed by atoms with Crippen LogP contribution in [0.1, 0.15) is 155 Å². The second-order valence-electron chi connectivity index (χ2n) is 13.5. The Hall–Kier alpha value is -3.14. The molecule has 3 aromatic rings. The molecule has 0 aliphatic heterocycles. The summed E-state index contributed by atoms with van der Waals surface area (Å²) in [4.78, 5) is 23.5. The number of esters is 2. The van der Waals surface area contributed by atoms with Crippen LogP contribution in [0.15, 0.2) is 48.5 Å². The van der Waals surface area contributed by atoms with E-state index in [0.717, 1.165) is 64.2 Å². The smallest absolute Gasteiger partial charge is 0.305 e. The number of fused-ring (bicyclic) bond motifs is 2. The Kier molecular flexibility index (Phi) is 20.4. The maximum atomic E-state index is 11.7. The molecule has 0 aliphatic rings. The molecule has 4 nitrogen and oxygen atoms in total. The summed E-state index contributed by atoms with van der Waals surface area (Å²) in [5, 5.41) is 8.24. The zero-order valence-electron chi connectivity index (χ0n) is 30.4. The van der Waals surface area contributed by atoms with E-state index in [0.29, 0.717) is 26.1 Å². The Morgan fingerprint density at radius 3 is 1.10 bits per heavy atom. The molecule has 0 bridgehead atoms. The lowest BCUT2D eigenvalue weighted by Gasteiger charge is -2.08. The van der Waals surface area contributed by atoms with Crippen LogP contribution in [0.4, 0.5) is 0 Å². The number of carbonyl (C=O) groups excluding carboxylic acids is 2. The van der Waals surface area contributed by atoms with Crippen molar-refractivity contribution < 1.29 is 19.1 Å². The molecule has 4 heteroatoms. The number of benzene rings is 3. The fourth-order valence-corrected chi connectivity index (χ4v) is 6.53. The van der Waals surface area contributed by atoms with Gasteiger partial charge in [-0.15, -0.1) is 0 Å². The lowest BCUT2D eigenvalue weighted by atomic mass is 9.96. The van der Waals surface area contributed by atoms with Gasteiger partial charge in [-0.1, -0.05) is 152 Å².